The Labute approximate surface area is 289 Å². The highest BCUT2D eigenvalue weighted by atomic mass is 79.9. The molecular formula is C36H58B3BrO6. The lowest BCUT2D eigenvalue weighted by atomic mass is 9.49. The molecule has 2 aromatic rings. The monoisotopic (exact) mass is 698 g/mol. The Morgan fingerprint density at radius 3 is 1.04 bits per heavy atom. The van der Waals surface area contributed by atoms with Gasteiger partial charge in [-0.2, -0.15) is 0 Å². The number of benzene rings is 2. The quantitative estimate of drug-likeness (QED) is 0.282. The maximum Gasteiger partial charge on any atom is 0.494 e. The van der Waals surface area contributed by atoms with Gasteiger partial charge in [-0.3, -0.25) is 0 Å². The van der Waals surface area contributed by atoms with Gasteiger partial charge in [0, 0.05) is 4.47 Å². The van der Waals surface area contributed by atoms with E-state index in [-0.39, 0.29) is 40.7 Å². The van der Waals surface area contributed by atoms with Crippen molar-refractivity contribution >= 4 is 42.5 Å². The highest BCUT2D eigenvalue weighted by Gasteiger charge is 2.63. The molecule has 3 aliphatic heterocycles. The molecule has 6 nitrogen and oxygen atoms in total. The maximum atomic E-state index is 6.03. The summed E-state index contributed by atoms with van der Waals surface area (Å²) in [5, 5.41) is 0. The maximum absolute atomic E-state index is 6.03. The normalized spacial score (nSPS) is 23.0. The average molecular weight is 699 g/mol. The highest BCUT2D eigenvalue weighted by molar-refractivity contribution is 9.10. The molecule has 5 rings (SSSR count). The van der Waals surface area contributed by atoms with E-state index < -0.39 is 14.0 Å². The van der Waals surface area contributed by atoms with Gasteiger partial charge in [0.1, 0.15) is 0 Å². The van der Waals surface area contributed by atoms with Gasteiger partial charge in [0.15, 0.2) is 0 Å². The Bertz CT molecular complexity index is 1180. The van der Waals surface area contributed by atoms with Crippen LogP contribution in [0.5, 0.6) is 0 Å². The summed E-state index contributed by atoms with van der Waals surface area (Å²) in [6, 6.07) is 17.1. The first kappa shape index (κ1) is 39.3. The molecule has 10 heteroatoms. The summed E-state index contributed by atoms with van der Waals surface area (Å²) in [4.78, 5) is 0. The van der Waals surface area contributed by atoms with Crippen LogP contribution < -0.4 is 5.46 Å². The third-order valence-electron chi connectivity index (χ3n) is 10.3. The lowest BCUT2D eigenvalue weighted by molar-refractivity contribution is 0.00578. The van der Waals surface area contributed by atoms with E-state index in [2.05, 4.69) is 106 Å². The van der Waals surface area contributed by atoms with Gasteiger partial charge in [0.25, 0.3) is 0 Å². The van der Waals surface area contributed by atoms with Crippen molar-refractivity contribution in [3.05, 3.63) is 64.1 Å². The topological polar surface area (TPSA) is 55.4 Å². The molecule has 0 N–H and O–H groups in total. The molecule has 46 heavy (non-hydrogen) atoms. The van der Waals surface area contributed by atoms with Crippen molar-refractivity contribution < 1.29 is 27.9 Å². The van der Waals surface area contributed by atoms with Gasteiger partial charge in [-0.25, -0.2) is 0 Å². The van der Waals surface area contributed by atoms with Crippen LogP contribution in [0.4, 0.5) is 0 Å². The van der Waals surface area contributed by atoms with Crippen molar-refractivity contribution in [1.29, 1.82) is 0 Å². The molecular weight excluding hydrogens is 641 g/mol. The Hall–Kier alpha value is -1.13. The van der Waals surface area contributed by atoms with Gasteiger partial charge in [0.2, 0.25) is 0 Å². The number of hydrogen-bond donors (Lipinski definition) is 0. The van der Waals surface area contributed by atoms with Crippen LogP contribution in [0.25, 0.3) is 0 Å². The molecule has 0 bridgehead atoms. The summed E-state index contributed by atoms with van der Waals surface area (Å²) in [6.07, 6.45) is 4.72. The fourth-order valence-electron chi connectivity index (χ4n) is 5.05. The van der Waals surface area contributed by atoms with E-state index in [9.17, 15) is 0 Å². The van der Waals surface area contributed by atoms with Crippen molar-refractivity contribution in [1.82, 2.24) is 0 Å². The van der Waals surface area contributed by atoms with Gasteiger partial charge in [-0.15, -0.1) is 0 Å². The summed E-state index contributed by atoms with van der Waals surface area (Å²) in [7, 11) is -1.20. The van der Waals surface area contributed by atoms with Gasteiger partial charge < -0.3 is 27.9 Å². The van der Waals surface area contributed by atoms with Crippen LogP contribution in [-0.4, -0.2) is 54.7 Å². The number of rotatable bonds is 6. The molecule has 3 aliphatic rings. The van der Waals surface area contributed by atoms with Crippen LogP contribution in [0.3, 0.4) is 0 Å². The highest BCUT2D eigenvalue weighted by Crippen LogP contribution is 2.43. The lowest BCUT2D eigenvalue weighted by Crippen LogP contribution is -2.41. The Balaban J connectivity index is 0.000000196. The van der Waals surface area contributed by atoms with E-state index in [0.29, 0.717) is 0 Å². The van der Waals surface area contributed by atoms with Crippen LogP contribution in [0.15, 0.2) is 53.0 Å². The molecule has 254 valence electrons. The van der Waals surface area contributed by atoms with Crippen molar-refractivity contribution in [3.63, 3.8) is 0 Å². The predicted molar refractivity (Wildman–Crippen MR) is 196 cm³/mol. The average Bonchev–Trinajstić information content (AvgIpc) is 3.40. The molecule has 0 radical (unpaired) electrons. The molecule has 0 unspecified atom stereocenters. The Morgan fingerprint density at radius 1 is 0.457 bits per heavy atom. The first-order valence-corrected chi connectivity index (χ1v) is 17.8. The fourth-order valence-corrected chi connectivity index (χ4v) is 5.31. The smallest absolute Gasteiger partial charge is 0.405 e. The number of aryl methyl sites for hydroxylation is 2. The molecule has 3 saturated heterocycles. The van der Waals surface area contributed by atoms with E-state index in [1.54, 1.807) is 0 Å². The Morgan fingerprint density at radius 2 is 0.739 bits per heavy atom. The summed E-state index contributed by atoms with van der Waals surface area (Å²) in [5.74, 6) is 0. The van der Waals surface area contributed by atoms with Gasteiger partial charge in [-0.1, -0.05) is 79.0 Å². The lowest BCUT2D eigenvalue weighted by Gasteiger charge is -2.32. The van der Waals surface area contributed by atoms with Gasteiger partial charge >= 0.3 is 21.1 Å². The first-order chi connectivity index (χ1) is 21.1. The van der Waals surface area contributed by atoms with Crippen LogP contribution >= 0.6 is 15.9 Å². The van der Waals surface area contributed by atoms with E-state index in [1.165, 1.54) is 30.4 Å². The molecule has 0 amide bonds. The van der Waals surface area contributed by atoms with Crippen molar-refractivity contribution in [2.45, 2.75) is 156 Å². The second-order valence-electron chi connectivity index (χ2n) is 15.7. The molecule has 0 spiro atoms. The van der Waals surface area contributed by atoms with E-state index in [1.807, 2.05) is 55.4 Å². The van der Waals surface area contributed by atoms with Crippen molar-refractivity contribution in [3.8, 4) is 0 Å². The van der Waals surface area contributed by atoms with E-state index >= 15 is 0 Å². The minimum atomic E-state index is -0.476. The Kier molecular flexibility index (Phi) is 12.6. The summed E-state index contributed by atoms with van der Waals surface area (Å²) in [5.41, 5.74) is 1.93. The molecule has 0 aliphatic carbocycles. The third-order valence-corrected chi connectivity index (χ3v) is 10.8. The third kappa shape index (κ3) is 9.31. The SMILES string of the molecule is CC1(C)OB(B2OC(C)(C)C(C)(C)O2)OC1(C)C.CCCc1ccc(B2OC(C)(C)C(C)(C)O2)cc1.CCCc1ccc(Br)cc1. The van der Waals surface area contributed by atoms with Crippen LogP contribution in [-0.2, 0) is 40.8 Å². The molecule has 3 heterocycles. The van der Waals surface area contributed by atoms with Crippen molar-refractivity contribution in [2.24, 2.45) is 0 Å². The van der Waals surface area contributed by atoms with Gasteiger partial charge in [0.05, 0.1) is 33.6 Å². The minimum Gasteiger partial charge on any atom is -0.405 e. The number of hydrogen-bond acceptors (Lipinski definition) is 6. The molecule has 2 aromatic carbocycles. The summed E-state index contributed by atoms with van der Waals surface area (Å²) < 4.78 is 37.1. The van der Waals surface area contributed by atoms with Crippen LogP contribution in [0.2, 0.25) is 0 Å². The van der Waals surface area contributed by atoms with E-state index in [4.69, 9.17) is 27.9 Å². The zero-order valence-electron chi connectivity index (χ0n) is 31.0. The van der Waals surface area contributed by atoms with Crippen molar-refractivity contribution in [2.75, 3.05) is 0 Å². The standard InChI is InChI=1S/C15H23BO2.C12H24B2O4.C9H11Br/c1-6-7-12-8-10-13(11-9-12)16-17-14(2,3)15(4,5)18-16;1-9(2)10(3,4)16-13(15-9)14-17-11(5,6)12(7,8)18-14;1-2-3-8-4-6-9(10)7-5-8/h8-11H,6-7H2,1-5H3;1-8H3;4-7H,2-3H2,1H3. The first-order valence-electron chi connectivity index (χ1n) is 17.0. The zero-order valence-corrected chi connectivity index (χ0v) is 32.6. The second kappa shape index (κ2) is 14.8. The fraction of sp³-hybridized carbons (Fsp3) is 0.667. The minimum absolute atomic E-state index is 0.245. The summed E-state index contributed by atoms with van der Waals surface area (Å²) >= 11 is 3.40. The molecule has 0 aromatic heterocycles. The largest absolute Gasteiger partial charge is 0.494 e. The van der Waals surface area contributed by atoms with Crippen LogP contribution in [0.1, 0.15) is 121 Å². The zero-order chi connectivity index (χ0) is 34.8. The molecule has 0 atom stereocenters. The van der Waals surface area contributed by atoms with Gasteiger partial charge in [-0.05, 0) is 125 Å². The molecule has 3 fully saturated rings. The molecule has 0 saturated carbocycles. The van der Waals surface area contributed by atoms with Crippen LogP contribution in [0, 0.1) is 0 Å². The van der Waals surface area contributed by atoms with E-state index in [0.717, 1.165) is 16.4 Å². The predicted octanol–water partition coefficient (Wildman–Crippen LogP) is 8.59. The second-order valence-corrected chi connectivity index (χ2v) is 16.6. The number of halogens is 1. The summed E-state index contributed by atoms with van der Waals surface area (Å²) in [6.45, 7) is 28.9.